The summed E-state index contributed by atoms with van der Waals surface area (Å²) in [5.41, 5.74) is 1.34. The molecule has 128 valence electrons. The van der Waals surface area contributed by atoms with Crippen molar-refractivity contribution in [3.8, 4) is 0 Å². The molecule has 0 aliphatic carbocycles. The summed E-state index contributed by atoms with van der Waals surface area (Å²) in [5.74, 6) is 0. The van der Waals surface area contributed by atoms with Gasteiger partial charge in [-0.2, -0.15) is 0 Å². The zero-order valence-electron chi connectivity index (χ0n) is 14.0. The van der Waals surface area contributed by atoms with Crippen molar-refractivity contribution < 1.29 is 4.90 Å². The molecule has 1 fully saturated rings. The van der Waals surface area contributed by atoms with E-state index in [-0.39, 0.29) is 0 Å². The molecule has 1 aromatic carbocycles. The molecule has 1 atom stereocenters. The molecule has 0 radical (unpaired) electrons. The number of hydrogen-bond acceptors (Lipinski definition) is 2. The molecule has 5 heteroatoms. The molecule has 0 bridgehead atoms. The third kappa shape index (κ3) is 5.03. The Hall–Kier alpha value is -1.43. The fraction of sp³-hybridized carbons (Fsp3) is 0.421. The first-order valence-corrected chi connectivity index (χ1v) is 10.1. The molecule has 0 amide bonds. The first-order chi connectivity index (χ1) is 11.8. The van der Waals surface area contributed by atoms with Gasteiger partial charge in [0.2, 0.25) is 0 Å². The summed E-state index contributed by atoms with van der Waals surface area (Å²) in [6, 6.07) is 15.4. The van der Waals surface area contributed by atoms with Crippen molar-refractivity contribution in [1.29, 1.82) is 0 Å². The molecule has 1 saturated heterocycles. The Balaban J connectivity index is 1.44. The van der Waals surface area contributed by atoms with Crippen molar-refractivity contribution in [1.82, 2.24) is 10.6 Å². The van der Waals surface area contributed by atoms with Crippen LogP contribution in [0.15, 0.2) is 47.8 Å². The van der Waals surface area contributed by atoms with Gasteiger partial charge in [0, 0.05) is 19.4 Å². The summed E-state index contributed by atoms with van der Waals surface area (Å²) < 4.78 is 0. The number of likely N-dealkylation sites (tertiary alicyclic amines) is 1. The summed E-state index contributed by atoms with van der Waals surface area (Å²) in [6.45, 7) is 4.33. The van der Waals surface area contributed by atoms with Crippen molar-refractivity contribution in [3.63, 3.8) is 0 Å². The molecular formula is C19H26N3S2+. The van der Waals surface area contributed by atoms with Gasteiger partial charge in [-0.25, -0.2) is 0 Å². The second kappa shape index (κ2) is 9.16. The van der Waals surface area contributed by atoms with Crippen molar-refractivity contribution in [2.24, 2.45) is 0 Å². The van der Waals surface area contributed by atoms with E-state index >= 15 is 0 Å². The Morgan fingerprint density at radius 1 is 1.08 bits per heavy atom. The number of quaternary nitrogens is 1. The molecule has 24 heavy (non-hydrogen) atoms. The van der Waals surface area contributed by atoms with Crippen LogP contribution in [0.4, 0.5) is 0 Å². The summed E-state index contributed by atoms with van der Waals surface area (Å²) >= 11 is 7.32. The predicted molar refractivity (Wildman–Crippen MR) is 106 cm³/mol. The van der Waals surface area contributed by atoms with E-state index in [1.807, 2.05) is 11.3 Å². The van der Waals surface area contributed by atoms with Crippen LogP contribution in [0.1, 0.15) is 29.3 Å². The van der Waals surface area contributed by atoms with Crippen LogP contribution >= 0.6 is 23.6 Å². The molecular weight excluding hydrogens is 334 g/mol. The summed E-state index contributed by atoms with van der Waals surface area (Å²) in [5, 5.41) is 9.72. The van der Waals surface area contributed by atoms with Crippen LogP contribution < -0.4 is 15.5 Å². The lowest BCUT2D eigenvalue weighted by Crippen LogP contribution is -3.11. The smallest absolute Gasteiger partial charge is 0.166 e. The van der Waals surface area contributed by atoms with Gasteiger partial charge < -0.3 is 15.5 Å². The second-order valence-electron chi connectivity index (χ2n) is 6.31. The van der Waals surface area contributed by atoms with Gasteiger partial charge in [-0.1, -0.05) is 36.4 Å². The molecule has 1 aliphatic heterocycles. The van der Waals surface area contributed by atoms with E-state index in [2.05, 4.69) is 58.5 Å². The van der Waals surface area contributed by atoms with Crippen LogP contribution in [-0.2, 0) is 6.42 Å². The number of hydrogen-bond donors (Lipinski definition) is 3. The predicted octanol–water partition coefficient (Wildman–Crippen LogP) is 2.17. The van der Waals surface area contributed by atoms with E-state index in [0.717, 1.165) is 24.6 Å². The monoisotopic (exact) mass is 360 g/mol. The molecule has 1 aliphatic rings. The third-order valence-corrected chi connectivity index (χ3v) is 5.91. The van der Waals surface area contributed by atoms with Crippen LogP contribution in [0.25, 0.3) is 0 Å². The highest BCUT2D eigenvalue weighted by atomic mass is 32.1. The fourth-order valence-electron chi connectivity index (χ4n) is 3.34. The normalized spacial score (nSPS) is 16.0. The Labute approximate surface area is 154 Å². The number of thiocarbonyl (C=S) groups is 1. The minimum Gasteiger partial charge on any atom is -0.362 e. The lowest BCUT2D eigenvalue weighted by Gasteiger charge is -2.24. The highest BCUT2D eigenvalue weighted by Gasteiger charge is 2.28. The van der Waals surface area contributed by atoms with Crippen molar-refractivity contribution in [2.45, 2.75) is 25.3 Å². The van der Waals surface area contributed by atoms with Gasteiger partial charge >= 0.3 is 0 Å². The number of thiophene rings is 1. The van der Waals surface area contributed by atoms with Crippen LogP contribution in [0, 0.1) is 0 Å². The molecule has 3 N–H and O–H groups in total. The van der Waals surface area contributed by atoms with Gasteiger partial charge in [0.15, 0.2) is 5.11 Å². The maximum atomic E-state index is 5.46. The molecule has 0 unspecified atom stereocenters. The second-order valence-corrected chi connectivity index (χ2v) is 7.69. The molecule has 3 rings (SSSR count). The average molecular weight is 361 g/mol. The maximum absolute atomic E-state index is 5.46. The minimum atomic E-state index is 0.515. The standard InChI is InChI=1S/C19H25N3S2/c23-19(20-11-10-16-7-2-1-3-8-16)21-15-17(18-9-6-14-24-18)22-12-4-5-13-22/h1-3,6-9,14,17H,4-5,10-13,15H2,(H2,20,21,23)/p+1/t17-/m1/s1. The van der Waals surface area contributed by atoms with Crippen molar-refractivity contribution in [3.05, 3.63) is 58.3 Å². The van der Waals surface area contributed by atoms with E-state index in [4.69, 9.17) is 12.2 Å². The van der Waals surface area contributed by atoms with Gasteiger partial charge in [-0.05, 0) is 35.6 Å². The van der Waals surface area contributed by atoms with E-state index in [1.54, 1.807) is 4.90 Å². The molecule has 1 aromatic heterocycles. The largest absolute Gasteiger partial charge is 0.362 e. The molecule has 3 nitrogen and oxygen atoms in total. The van der Waals surface area contributed by atoms with E-state index in [9.17, 15) is 0 Å². The van der Waals surface area contributed by atoms with Gasteiger partial charge in [0.25, 0.3) is 0 Å². The van der Waals surface area contributed by atoms with Crippen LogP contribution in [0.2, 0.25) is 0 Å². The van der Waals surface area contributed by atoms with Gasteiger partial charge in [0.05, 0.1) is 24.5 Å². The van der Waals surface area contributed by atoms with Crippen molar-refractivity contribution in [2.75, 3.05) is 26.2 Å². The molecule has 2 aromatic rings. The zero-order valence-corrected chi connectivity index (χ0v) is 15.6. The quantitative estimate of drug-likeness (QED) is 0.661. The zero-order chi connectivity index (χ0) is 16.6. The summed E-state index contributed by atoms with van der Waals surface area (Å²) in [6.07, 6.45) is 3.68. The summed E-state index contributed by atoms with van der Waals surface area (Å²) in [7, 11) is 0. The van der Waals surface area contributed by atoms with Gasteiger partial charge in [-0.3, -0.25) is 0 Å². The van der Waals surface area contributed by atoms with E-state index < -0.39 is 0 Å². The molecule has 0 saturated carbocycles. The Morgan fingerprint density at radius 3 is 2.58 bits per heavy atom. The SMILES string of the molecule is S=C(NCCc1ccccc1)NC[C@H](c1cccs1)[NH+]1CCCC1. The maximum Gasteiger partial charge on any atom is 0.166 e. The Kier molecular flexibility index (Phi) is 6.64. The highest BCUT2D eigenvalue weighted by Crippen LogP contribution is 2.17. The molecule has 2 heterocycles. The van der Waals surface area contributed by atoms with E-state index in [0.29, 0.717) is 6.04 Å². The van der Waals surface area contributed by atoms with Crippen LogP contribution in [-0.4, -0.2) is 31.3 Å². The lowest BCUT2D eigenvalue weighted by molar-refractivity contribution is -0.918. The highest BCUT2D eigenvalue weighted by molar-refractivity contribution is 7.80. The third-order valence-electron chi connectivity index (χ3n) is 4.63. The first kappa shape index (κ1) is 17.4. The summed E-state index contributed by atoms with van der Waals surface area (Å²) in [4.78, 5) is 3.16. The Morgan fingerprint density at radius 2 is 1.88 bits per heavy atom. The van der Waals surface area contributed by atoms with Crippen LogP contribution in [0.5, 0.6) is 0 Å². The lowest BCUT2D eigenvalue weighted by atomic mass is 10.1. The van der Waals surface area contributed by atoms with Crippen molar-refractivity contribution >= 4 is 28.7 Å². The topological polar surface area (TPSA) is 28.5 Å². The molecule has 0 spiro atoms. The number of rotatable bonds is 7. The number of nitrogens with one attached hydrogen (secondary N) is 3. The first-order valence-electron chi connectivity index (χ1n) is 8.76. The Bertz CT molecular complexity index is 607. The minimum absolute atomic E-state index is 0.515. The average Bonchev–Trinajstić information content (AvgIpc) is 3.30. The van der Waals surface area contributed by atoms with E-state index in [1.165, 1.54) is 36.4 Å². The van der Waals surface area contributed by atoms with Crippen LogP contribution in [0.3, 0.4) is 0 Å². The fourth-order valence-corrected chi connectivity index (χ4v) is 4.41. The van der Waals surface area contributed by atoms with Gasteiger partial charge in [0.1, 0.15) is 6.04 Å². The number of benzene rings is 1. The van der Waals surface area contributed by atoms with Gasteiger partial charge in [-0.15, -0.1) is 11.3 Å².